The van der Waals surface area contributed by atoms with Gasteiger partial charge in [0, 0.05) is 56.0 Å². The van der Waals surface area contributed by atoms with E-state index in [-0.39, 0.29) is 44.2 Å². The Kier molecular flexibility index (Phi) is 9.84. The van der Waals surface area contributed by atoms with E-state index in [2.05, 4.69) is 4.74 Å². The van der Waals surface area contributed by atoms with E-state index in [9.17, 15) is 14.4 Å². The second-order valence-electron chi connectivity index (χ2n) is 5.06. The summed E-state index contributed by atoms with van der Waals surface area (Å²) in [5, 5.41) is 8.72. The van der Waals surface area contributed by atoms with Gasteiger partial charge in [-0.15, -0.1) is 0 Å². The van der Waals surface area contributed by atoms with E-state index in [1.165, 1.54) is 37.5 Å². The van der Waals surface area contributed by atoms with E-state index < -0.39 is 18.1 Å². The molecule has 7 nitrogen and oxygen atoms in total. The number of carboxylic acid groups (broad SMARTS) is 1. The van der Waals surface area contributed by atoms with Crippen molar-refractivity contribution in [2.75, 3.05) is 7.11 Å². The molecular formula is C20H16O7Y. The Balaban J connectivity index is 0.00000392. The monoisotopic (exact) mass is 457 g/mol. The first-order chi connectivity index (χ1) is 13.0. The Morgan fingerprint density at radius 3 is 1.75 bits per heavy atom. The maximum atomic E-state index is 12.1. The van der Waals surface area contributed by atoms with Crippen LogP contribution in [-0.4, -0.2) is 30.3 Å². The number of para-hydroxylation sites is 2. The van der Waals surface area contributed by atoms with Crippen LogP contribution in [0.1, 0.15) is 11.1 Å². The number of carboxylic acids is 1. The molecule has 0 saturated carbocycles. The van der Waals surface area contributed by atoms with E-state index in [1.54, 1.807) is 36.4 Å². The molecule has 2 aromatic rings. The van der Waals surface area contributed by atoms with Crippen LogP contribution in [0.5, 0.6) is 11.5 Å². The number of methoxy groups -OCH3 is 1. The summed E-state index contributed by atoms with van der Waals surface area (Å²) < 4.78 is 14.9. The Labute approximate surface area is 186 Å². The third-order valence-electron chi connectivity index (χ3n) is 3.23. The van der Waals surface area contributed by atoms with Gasteiger partial charge in [-0.25, -0.2) is 14.4 Å². The molecule has 0 heterocycles. The van der Waals surface area contributed by atoms with Gasteiger partial charge in [0.05, 0.1) is 7.11 Å². The molecule has 0 aliphatic rings. The third kappa shape index (κ3) is 7.46. The predicted octanol–water partition coefficient (Wildman–Crippen LogP) is 3.55. The zero-order valence-electron chi connectivity index (χ0n) is 14.9. The minimum absolute atomic E-state index is 0. The number of carbonyl (C=O) groups excluding carboxylic acids is 2. The van der Waals surface area contributed by atoms with E-state index in [0.717, 1.165) is 6.08 Å². The summed E-state index contributed by atoms with van der Waals surface area (Å²) >= 11 is 0. The maximum absolute atomic E-state index is 12.1. The van der Waals surface area contributed by atoms with Gasteiger partial charge < -0.3 is 19.3 Å². The number of hydrogen-bond donors (Lipinski definition) is 1. The first-order valence-electron chi connectivity index (χ1n) is 7.74. The smallest absolute Gasteiger partial charge is 0.478 e. The molecule has 0 spiro atoms. The van der Waals surface area contributed by atoms with Crippen LogP contribution in [-0.2, 0) is 47.0 Å². The van der Waals surface area contributed by atoms with Gasteiger partial charge in [-0.2, -0.15) is 0 Å². The second-order valence-corrected chi connectivity index (χ2v) is 5.06. The number of hydrogen-bond acceptors (Lipinski definition) is 6. The van der Waals surface area contributed by atoms with Crippen LogP contribution in [0.4, 0.5) is 4.79 Å². The molecule has 1 radical (unpaired) electrons. The first kappa shape index (κ1) is 23.3. The van der Waals surface area contributed by atoms with Gasteiger partial charge in [0.1, 0.15) is 11.5 Å². The van der Waals surface area contributed by atoms with E-state index in [4.69, 9.17) is 14.6 Å². The number of esters is 1. The molecule has 2 aromatic carbocycles. The van der Waals surface area contributed by atoms with Crippen molar-refractivity contribution in [3.8, 4) is 11.5 Å². The van der Waals surface area contributed by atoms with Crippen molar-refractivity contribution in [3.63, 3.8) is 0 Å². The van der Waals surface area contributed by atoms with E-state index >= 15 is 0 Å². The van der Waals surface area contributed by atoms with Crippen molar-refractivity contribution in [3.05, 3.63) is 71.8 Å². The summed E-state index contributed by atoms with van der Waals surface area (Å²) in [5.41, 5.74) is 0.870. The standard InChI is InChI=1S/C20H16O7.Y/c1-25-19(23)13-11-15-7-3-5-9-17(15)27-20(24)26-16-8-4-2-6-14(16)10-12-18(21)22;/h2-13H,1H3,(H,21,22);/b12-10+,13-11+;. The van der Waals surface area contributed by atoms with Gasteiger partial charge in [-0.3, -0.25) is 0 Å². The average Bonchev–Trinajstić information content (AvgIpc) is 2.66. The van der Waals surface area contributed by atoms with Crippen LogP contribution >= 0.6 is 0 Å². The minimum atomic E-state index is -1.13. The van der Waals surface area contributed by atoms with Gasteiger partial charge in [-0.1, -0.05) is 36.4 Å². The summed E-state index contributed by atoms with van der Waals surface area (Å²) in [7, 11) is 1.25. The molecule has 0 atom stereocenters. The Bertz CT molecular complexity index is 903. The molecule has 28 heavy (non-hydrogen) atoms. The van der Waals surface area contributed by atoms with Gasteiger partial charge in [-0.05, 0) is 24.3 Å². The van der Waals surface area contributed by atoms with Gasteiger partial charge >= 0.3 is 18.1 Å². The van der Waals surface area contributed by atoms with Crippen molar-refractivity contribution in [2.45, 2.75) is 0 Å². The molecule has 141 valence electrons. The normalized spacial score (nSPS) is 10.3. The van der Waals surface area contributed by atoms with Gasteiger partial charge in [0.2, 0.25) is 0 Å². The largest absolute Gasteiger partial charge is 0.519 e. The molecule has 0 amide bonds. The first-order valence-corrected chi connectivity index (χ1v) is 7.74. The zero-order valence-corrected chi connectivity index (χ0v) is 17.7. The van der Waals surface area contributed by atoms with Crippen molar-refractivity contribution < 1.29 is 66.4 Å². The fraction of sp³-hybridized carbons (Fsp3) is 0.0500. The van der Waals surface area contributed by atoms with E-state index in [1.807, 2.05) is 0 Å². The number of rotatable bonds is 6. The maximum Gasteiger partial charge on any atom is 0.519 e. The number of carbonyl (C=O) groups is 3. The zero-order chi connectivity index (χ0) is 19.6. The Morgan fingerprint density at radius 2 is 1.29 bits per heavy atom. The molecule has 0 fully saturated rings. The van der Waals surface area contributed by atoms with Crippen molar-refractivity contribution in [1.82, 2.24) is 0 Å². The molecule has 0 unspecified atom stereocenters. The Morgan fingerprint density at radius 1 is 0.821 bits per heavy atom. The van der Waals surface area contributed by atoms with Crippen molar-refractivity contribution >= 4 is 30.2 Å². The third-order valence-corrected chi connectivity index (χ3v) is 3.23. The summed E-state index contributed by atoms with van der Waals surface area (Å²) in [6.07, 6.45) is 3.86. The molecule has 1 N–H and O–H groups in total. The number of aliphatic carboxylic acids is 1. The molecule has 0 bridgehead atoms. The van der Waals surface area contributed by atoms with Crippen molar-refractivity contribution in [2.24, 2.45) is 0 Å². The molecular weight excluding hydrogens is 441 g/mol. The topological polar surface area (TPSA) is 99.1 Å². The molecule has 0 aliphatic heterocycles. The molecule has 0 saturated heterocycles. The minimum Gasteiger partial charge on any atom is -0.478 e. The van der Waals surface area contributed by atoms with Crippen LogP contribution in [0.3, 0.4) is 0 Å². The Hall–Kier alpha value is -2.77. The van der Waals surface area contributed by atoms with Crippen molar-refractivity contribution in [1.29, 1.82) is 0 Å². The van der Waals surface area contributed by atoms with E-state index in [0.29, 0.717) is 11.1 Å². The molecule has 8 heteroatoms. The van der Waals surface area contributed by atoms with Gasteiger partial charge in [0.25, 0.3) is 0 Å². The van der Waals surface area contributed by atoms with Gasteiger partial charge in [0.15, 0.2) is 0 Å². The summed E-state index contributed by atoms with van der Waals surface area (Å²) in [6.45, 7) is 0. The SMILES string of the molecule is COC(=O)/C=C/c1ccccc1OC(=O)Oc1ccccc1/C=C/C(=O)O.[Y]. The average molecular weight is 457 g/mol. The molecule has 0 aliphatic carbocycles. The van der Waals surface area contributed by atoms with Crippen LogP contribution in [0.2, 0.25) is 0 Å². The fourth-order valence-corrected chi connectivity index (χ4v) is 2.01. The fourth-order valence-electron chi connectivity index (χ4n) is 2.01. The second kappa shape index (κ2) is 11.8. The van der Waals surface area contributed by atoms with Crippen LogP contribution in [0, 0.1) is 0 Å². The summed E-state index contributed by atoms with van der Waals surface area (Å²) in [6, 6.07) is 12.9. The molecule has 2 rings (SSSR count). The van der Waals surface area contributed by atoms with Crippen LogP contribution in [0.25, 0.3) is 12.2 Å². The number of ether oxygens (including phenoxy) is 3. The number of benzene rings is 2. The molecule has 0 aromatic heterocycles. The predicted molar refractivity (Wildman–Crippen MR) is 97.3 cm³/mol. The van der Waals surface area contributed by atoms with Crippen LogP contribution < -0.4 is 9.47 Å². The quantitative estimate of drug-likeness (QED) is 0.403. The van der Waals surface area contributed by atoms with Crippen LogP contribution in [0.15, 0.2) is 60.7 Å². The summed E-state index contributed by atoms with van der Waals surface area (Å²) in [4.78, 5) is 34.0. The summed E-state index contributed by atoms with van der Waals surface area (Å²) in [5.74, 6) is -1.35.